The average molecular weight is 332 g/mol. The fourth-order valence-corrected chi connectivity index (χ4v) is 3.36. The number of morpholine rings is 1. The Morgan fingerprint density at radius 2 is 2.04 bits per heavy atom. The fraction of sp³-hybridized carbons (Fsp3) is 0.611. The second kappa shape index (κ2) is 6.99. The lowest BCUT2D eigenvalue weighted by Gasteiger charge is -2.26. The van der Waals surface area contributed by atoms with Crippen LogP contribution >= 0.6 is 0 Å². The highest BCUT2D eigenvalue weighted by atomic mass is 16.6. The Morgan fingerprint density at radius 3 is 2.79 bits per heavy atom. The van der Waals surface area contributed by atoms with Crippen molar-refractivity contribution in [3.05, 3.63) is 23.8 Å². The number of benzene rings is 1. The lowest BCUT2D eigenvalue weighted by atomic mass is 10.0. The van der Waals surface area contributed by atoms with Crippen molar-refractivity contribution in [3.63, 3.8) is 0 Å². The summed E-state index contributed by atoms with van der Waals surface area (Å²) in [6.07, 6.45) is 2.77. The zero-order valence-corrected chi connectivity index (χ0v) is 13.8. The van der Waals surface area contributed by atoms with Gasteiger partial charge in [0.05, 0.1) is 19.3 Å². The van der Waals surface area contributed by atoms with Crippen molar-refractivity contribution in [3.8, 4) is 11.5 Å². The summed E-state index contributed by atoms with van der Waals surface area (Å²) >= 11 is 0. The summed E-state index contributed by atoms with van der Waals surface area (Å²) in [5, 5.41) is 6.54. The van der Waals surface area contributed by atoms with E-state index in [0.29, 0.717) is 32.2 Å². The third-order valence-electron chi connectivity index (χ3n) is 4.77. The van der Waals surface area contributed by atoms with Crippen LogP contribution in [0.2, 0.25) is 0 Å². The summed E-state index contributed by atoms with van der Waals surface area (Å²) in [5.41, 5.74) is 1.10. The smallest absolute Gasteiger partial charge is 0.222 e. The predicted molar refractivity (Wildman–Crippen MR) is 88.3 cm³/mol. The molecule has 6 nitrogen and oxygen atoms in total. The van der Waals surface area contributed by atoms with Crippen LogP contribution in [0.4, 0.5) is 0 Å². The van der Waals surface area contributed by atoms with Crippen LogP contribution in [-0.2, 0) is 9.53 Å². The summed E-state index contributed by atoms with van der Waals surface area (Å²) in [5.74, 6) is 2.16. The number of carbonyl (C=O) groups excluding carboxylic acids is 1. The molecule has 2 atom stereocenters. The van der Waals surface area contributed by atoms with E-state index in [-0.39, 0.29) is 18.0 Å². The molecule has 1 aliphatic carbocycles. The number of nitrogens with one attached hydrogen (secondary N) is 2. The van der Waals surface area contributed by atoms with E-state index in [1.165, 1.54) is 0 Å². The van der Waals surface area contributed by atoms with E-state index >= 15 is 0 Å². The number of amides is 1. The summed E-state index contributed by atoms with van der Waals surface area (Å²) in [4.78, 5) is 12.5. The number of rotatable bonds is 5. The second-order valence-corrected chi connectivity index (χ2v) is 6.72. The van der Waals surface area contributed by atoms with Gasteiger partial charge >= 0.3 is 0 Å². The fourth-order valence-electron chi connectivity index (χ4n) is 3.36. The number of fused-ring (bicyclic) bond motifs is 1. The van der Waals surface area contributed by atoms with Gasteiger partial charge in [0.15, 0.2) is 11.5 Å². The lowest BCUT2D eigenvalue weighted by Crippen LogP contribution is -2.44. The monoisotopic (exact) mass is 332 g/mol. The highest BCUT2D eigenvalue weighted by molar-refractivity contribution is 5.77. The Morgan fingerprint density at radius 1 is 1.21 bits per heavy atom. The lowest BCUT2D eigenvalue weighted by molar-refractivity contribution is -0.123. The van der Waals surface area contributed by atoms with Gasteiger partial charge in [-0.15, -0.1) is 0 Å². The van der Waals surface area contributed by atoms with Gasteiger partial charge < -0.3 is 24.8 Å². The third-order valence-corrected chi connectivity index (χ3v) is 4.77. The van der Waals surface area contributed by atoms with E-state index in [0.717, 1.165) is 43.1 Å². The summed E-state index contributed by atoms with van der Waals surface area (Å²) in [6.45, 7) is 3.30. The molecule has 1 aromatic rings. The van der Waals surface area contributed by atoms with Gasteiger partial charge in [-0.3, -0.25) is 4.79 Å². The van der Waals surface area contributed by atoms with E-state index in [9.17, 15) is 4.79 Å². The van der Waals surface area contributed by atoms with Crippen LogP contribution in [-0.4, -0.2) is 44.9 Å². The third kappa shape index (κ3) is 3.65. The first-order valence-electron chi connectivity index (χ1n) is 8.79. The van der Waals surface area contributed by atoms with Gasteiger partial charge in [0.25, 0.3) is 0 Å². The average Bonchev–Trinajstić information content (AvgIpc) is 3.45. The van der Waals surface area contributed by atoms with Gasteiger partial charge in [0, 0.05) is 19.0 Å². The quantitative estimate of drug-likeness (QED) is 0.853. The molecule has 0 bridgehead atoms. The van der Waals surface area contributed by atoms with Crippen LogP contribution in [0.5, 0.6) is 11.5 Å². The molecule has 1 saturated carbocycles. The molecule has 0 spiro atoms. The summed E-state index contributed by atoms with van der Waals surface area (Å²) in [6, 6.07) is 6.16. The van der Waals surface area contributed by atoms with E-state index in [4.69, 9.17) is 14.2 Å². The van der Waals surface area contributed by atoms with Crippen molar-refractivity contribution in [1.29, 1.82) is 0 Å². The van der Waals surface area contributed by atoms with Crippen LogP contribution < -0.4 is 20.1 Å². The maximum absolute atomic E-state index is 12.5. The zero-order chi connectivity index (χ0) is 16.4. The SMILES string of the molecule is O=C(CC1COCCN1)NC(c1ccc2c(c1)OCCO2)C1CC1. The first kappa shape index (κ1) is 15.7. The van der Waals surface area contributed by atoms with Crippen LogP contribution in [0.3, 0.4) is 0 Å². The summed E-state index contributed by atoms with van der Waals surface area (Å²) in [7, 11) is 0. The maximum atomic E-state index is 12.5. The van der Waals surface area contributed by atoms with Crippen molar-refractivity contribution in [2.75, 3.05) is 33.0 Å². The molecule has 1 amide bonds. The largest absolute Gasteiger partial charge is 0.486 e. The molecule has 0 aromatic heterocycles. The van der Waals surface area contributed by atoms with Gasteiger partial charge in [-0.1, -0.05) is 6.07 Å². The molecule has 1 saturated heterocycles. The minimum atomic E-state index is 0.0536. The van der Waals surface area contributed by atoms with Gasteiger partial charge in [0.1, 0.15) is 13.2 Å². The topological polar surface area (TPSA) is 68.8 Å². The normalized spacial score (nSPS) is 24.2. The van der Waals surface area contributed by atoms with E-state index in [1.54, 1.807) is 0 Å². The van der Waals surface area contributed by atoms with Crippen molar-refractivity contribution in [1.82, 2.24) is 10.6 Å². The molecule has 4 rings (SSSR count). The zero-order valence-electron chi connectivity index (χ0n) is 13.8. The highest BCUT2D eigenvalue weighted by Crippen LogP contribution is 2.43. The van der Waals surface area contributed by atoms with E-state index < -0.39 is 0 Å². The molecular formula is C18H24N2O4. The molecule has 6 heteroatoms. The van der Waals surface area contributed by atoms with Crippen LogP contribution in [0, 0.1) is 5.92 Å². The van der Waals surface area contributed by atoms with Crippen LogP contribution in [0.1, 0.15) is 30.9 Å². The van der Waals surface area contributed by atoms with Gasteiger partial charge in [-0.2, -0.15) is 0 Å². The van der Waals surface area contributed by atoms with E-state index in [2.05, 4.69) is 10.6 Å². The minimum absolute atomic E-state index is 0.0536. The standard InChI is InChI=1S/C18H24N2O4/c21-17(10-14-11-22-6-5-19-14)20-18(12-1-2-12)13-3-4-15-16(9-13)24-8-7-23-15/h3-4,9,12,14,18-19H,1-2,5-8,10-11H2,(H,20,21). The van der Waals surface area contributed by atoms with E-state index in [1.807, 2.05) is 18.2 Å². The first-order chi connectivity index (χ1) is 11.8. The molecule has 2 aliphatic heterocycles. The Balaban J connectivity index is 1.43. The van der Waals surface area contributed by atoms with Crippen molar-refractivity contribution < 1.29 is 19.0 Å². The molecular weight excluding hydrogens is 308 g/mol. The number of hydrogen-bond acceptors (Lipinski definition) is 5. The molecule has 2 fully saturated rings. The minimum Gasteiger partial charge on any atom is -0.486 e. The molecule has 2 N–H and O–H groups in total. The van der Waals surface area contributed by atoms with Crippen molar-refractivity contribution >= 4 is 5.91 Å². The van der Waals surface area contributed by atoms with Gasteiger partial charge in [-0.05, 0) is 36.5 Å². The molecule has 1 aromatic carbocycles. The Hall–Kier alpha value is -1.79. The molecule has 3 aliphatic rings. The predicted octanol–water partition coefficient (Wildman–Crippen LogP) is 1.40. The van der Waals surface area contributed by atoms with Gasteiger partial charge in [0.2, 0.25) is 5.91 Å². The van der Waals surface area contributed by atoms with Crippen LogP contribution in [0.25, 0.3) is 0 Å². The number of ether oxygens (including phenoxy) is 3. The molecule has 2 heterocycles. The molecule has 0 radical (unpaired) electrons. The van der Waals surface area contributed by atoms with Crippen LogP contribution in [0.15, 0.2) is 18.2 Å². The second-order valence-electron chi connectivity index (χ2n) is 6.72. The van der Waals surface area contributed by atoms with Crippen molar-refractivity contribution in [2.45, 2.75) is 31.3 Å². The highest BCUT2D eigenvalue weighted by Gasteiger charge is 2.34. The summed E-state index contributed by atoms with van der Waals surface area (Å²) < 4.78 is 16.7. The number of hydrogen-bond donors (Lipinski definition) is 2. The molecule has 24 heavy (non-hydrogen) atoms. The number of carbonyl (C=O) groups is 1. The maximum Gasteiger partial charge on any atom is 0.222 e. The Labute approximate surface area is 141 Å². The Bertz CT molecular complexity index is 597. The first-order valence-corrected chi connectivity index (χ1v) is 8.79. The molecule has 2 unspecified atom stereocenters. The molecule has 130 valence electrons. The van der Waals surface area contributed by atoms with Crippen molar-refractivity contribution in [2.24, 2.45) is 5.92 Å². The Kier molecular flexibility index (Phi) is 4.58. The van der Waals surface area contributed by atoms with Gasteiger partial charge in [-0.25, -0.2) is 0 Å².